The van der Waals surface area contributed by atoms with Crippen molar-refractivity contribution in [2.24, 2.45) is 0 Å². The molecule has 8 heteroatoms. The molecule has 84 valence electrons. The maximum Gasteiger partial charge on any atom is 0.327 e. The van der Waals surface area contributed by atoms with Gasteiger partial charge in [-0.1, -0.05) is 6.07 Å². The quantitative estimate of drug-likeness (QED) is 0.681. The molecule has 0 saturated carbocycles. The summed E-state index contributed by atoms with van der Waals surface area (Å²) >= 11 is 1.17. The molecule has 0 aliphatic heterocycles. The lowest BCUT2D eigenvalue weighted by Gasteiger charge is -2.12. The topological polar surface area (TPSA) is 95.5 Å². The van der Waals surface area contributed by atoms with Crippen LogP contribution in [0.4, 0.5) is 0 Å². The average Bonchev–Trinajstić information content (AvgIpc) is 2.66. The molecule has 0 fully saturated rings. The number of rotatable bonds is 5. The first kappa shape index (κ1) is 12.1. The molecule has 1 unspecified atom stereocenters. The third-order valence-electron chi connectivity index (χ3n) is 1.62. The monoisotopic (exact) mass is 250 g/mol. The summed E-state index contributed by atoms with van der Waals surface area (Å²) in [6.07, 6.45) is 0. The van der Waals surface area contributed by atoms with Gasteiger partial charge in [-0.15, -0.1) is 11.3 Å². The van der Waals surface area contributed by atoms with Crippen molar-refractivity contribution in [3.8, 4) is 0 Å². The van der Waals surface area contributed by atoms with Crippen molar-refractivity contribution in [2.45, 2.75) is 6.04 Å². The lowest BCUT2D eigenvalue weighted by molar-refractivity contribution is -0.139. The van der Waals surface area contributed by atoms with Crippen molar-refractivity contribution < 1.29 is 18.3 Å². The van der Waals surface area contributed by atoms with Crippen LogP contribution in [0.5, 0.6) is 0 Å². The summed E-state index contributed by atoms with van der Waals surface area (Å²) < 4.78 is 26.3. The van der Waals surface area contributed by atoms with E-state index in [1.165, 1.54) is 18.4 Å². The Kier molecular flexibility index (Phi) is 3.80. The molecule has 0 saturated heterocycles. The number of carbonyl (C=O) groups is 1. The van der Waals surface area contributed by atoms with Crippen LogP contribution in [0.1, 0.15) is 10.9 Å². The second kappa shape index (κ2) is 4.71. The number of aliphatic carboxylic acids is 1. The molecule has 1 heterocycles. The van der Waals surface area contributed by atoms with Gasteiger partial charge in [0.25, 0.3) is 10.2 Å². The lowest BCUT2D eigenvalue weighted by atomic mass is 10.3. The Bertz CT molecular complexity index is 426. The van der Waals surface area contributed by atoms with Crippen LogP contribution in [0.15, 0.2) is 17.5 Å². The summed E-state index contributed by atoms with van der Waals surface area (Å²) in [7, 11) is -2.56. The zero-order valence-corrected chi connectivity index (χ0v) is 9.43. The fourth-order valence-corrected chi connectivity index (χ4v) is 2.40. The Balaban J connectivity index is 2.91. The summed E-state index contributed by atoms with van der Waals surface area (Å²) in [4.78, 5) is 11.3. The molecule has 0 aromatic carbocycles. The molecule has 1 aromatic rings. The number of carboxylic acid groups (broad SMARTS) is 1. The summed E-state index contributed by atoms with van der Waals surface area (Å²) in [6, 6.07) is 1.97. The van der Waals surface area contributed by atoms with Gasteiger partial charge in [-0.25, -0.2) is 4.72 Å². The molecule has 0 radical (unpaired) electrons. The van der Waals surface area contributed by atoms with Gasteiger partial charge < -0.3 is 5.11 Å². The third-order valence-corrected chi connectivity index (χ3v) is 3.64. The molecule has 0 aliphatic carbocycles. The number of nitrogens with one attached hydrogen (secondary N) is 2. The van der Waals surface area contributed by atoms with Gasteiger partial charge in [0.1, 0.15) is 0 Å². The predicted octanol–water partition coefficient (Wildman–Crippen LogP) is -0.0724. The van der Waals surface area contributed by atoms with Crippen LogP contribution in [0.25, 0.3) is 0 Å². The molecule has 1 rings (SSSR count). The molecule has 0 bridgehead atoms. The summed E-state index contributed by atoms with van der Waals surface area (Å²) in [6.45, 7) is 0. The van der Waals surface area contributed by atoms with Gasteiger partial charge in [0.2, 0.25) is 0 Å². The maximum absolute atomic E-state index is 11.1. The van der Waals surface area contributed by atoms with Gasteiger partial charge in [0.05, 0.1) is 0 Å². The second-order valence-corrected chi connectivity index (χ2v) is 5.24. The normalized spacial score (nSPS) is 13.7. The predicted molar refractivity (Wildman–Crippen MR) is 55.8 cm³/mol. The van der Waals surface area contributed by atoms with Crippen LogP contribution < -0.4 is 9.44 Å². The molecule has 0 aliphatic rings. The fraction of sp³-hybridized carbons (Fsp3) is 0.286. The molecule has 15 heavy (non-hydrogen) atoms. The van der Waals surface area contributed by atoms with Crippen LogP contribution >= 0.6 is 11.3 Å². The Hall–Kier alpha value is -0.960. The van der Waals surface area contributed by atoms with E-state index in [0.29, 0.717) is 4.88 Å². The van der Waals surface area contributed by atoms with Crippen molar-refractivity contribution in [1.82, 2.24) is 9.44 Å². The Morgan fingerprint density at radius 1 is 1.60 bits per heavy atom. The highest BCUT2D eigenvalue weighted by molar-refractivity contribution is 7.87. The van der Waals surface area contributed by atoms with Gasteiger partial charge in [-0.05, 0) is 11.4 Å². The largest absolute Gasteiger partial charge is 0.480 e. The summed E-state index contributed by atoms with van der Waals surface area (Å²) in [5.74, 6) is -1.24. The number of carboxylic acids is 1. The third kappa shape index (κ3) is 3.27. The van der Waals surface area contributed by atoms with Gasteiger partial charge in [0, 0.05) is 11.9 Å². The molecule has 0 spiro atoms. The van der Waals surface area contributed by atoms with Crippen molar-refractivity contribution in [3.63, 3.8) is 0 Å². The average molecular weight is 250 g/mol. The van der Waals surface area contributed by atoms with Crippen molar-refractivity contribution >= 4 is 27.5 Å². The van der Waals surface area contributed by atoms with Gasteiger partial charge in [-0.3, -0.25) is 4.79 Å². The first-order valence-corrected chi connectivity index (χ1v) is 6.29. The highest BCUT2D eigenvalue weighted by Crippen LogP contribution is 2.19. The zero-order valence-electron chi connectivity index (χ0n) is 7.80. The molecular formula is C7H10N2O4S2. The minimum absolute atomic E-state index is 0.432. The van der Waals surface area contributed by atoms with Crippen molar-refractivity contribution in [2.75, 3.05) is 7.05 Å². The minimum Gasteiger partial charge on any atom is -0.480 e. The van der Waals surface area contributed by atoms with E-state index < -0.39 is 22.2 Å². The SMILES string of the molecule is CNS(=O)(=O)NC(C(=O)O)c1cccs1. The zero-order chi connectivity index (χ0) is 11.5. The Morgan fingerprint density at radius 3 is 2.67 bits per heavy atom. The van der Waals surface area contributed by atoms with Crippen LogP contribution in [0.3, 0.4) is 0 Å². The van der Waals surface area contributed by atoms with Gasteiger partial charge >= 0.3 is 5.97 Å². The maximum atomic E-state index is 11.1. The van der Waals surface area contributed by atoms with Gasteiger partial charge in [0.15, 0.2) is 6.04 Å². The molecule has 1 aromatic heterocycles. The molecule has 3 N–H and O–H groups in total. The van der Waals surface area contributed by atoms with E-state index in [-0.39, 0.29) is 0 Å². The Labute approximate surface area is 91.1 Å². The smallest absolute Gasteiger partial charge is 0.327 e. The van der Waals surface area contributed by atoms with E-state index in [0.717, 1.165) is 0 Å². The highest BCUT2D eigenvalue weighted by Gasteiger charge is 2.25. The molecule has 6 nitrogen and oxygen atoms in total. The van der Waals surface area contributed by atoms with Crippen LogP contribution in [0, 0.1) is 0 Å². The van der Waals surface area contributed by atoms with Crippen molar-refractivity contribution in [1.29, 1.82) is 0 Å². The fourth-order valence-electron chi connectivity index (χ4n) is 0.900. The number of hydrogen-bond donors (Lipinski definition) is 3. The van der Waals surface area contributed by atoms with E-state index in [2.05, 4.69) is 0 Å². The lowest BCUT2D eigenvalue weighted by Crippen LogP contribution is -2.39. The van der Waals surface area contributed by atoms with E-state index in [1.54, 1.807) is 17.5 Å². The van der Waals surface area contributed by atoms with E-state index in [4.69, 9.17) is 5.11 Å². The van der Waals surface area contributed by atoms with Gasteiger partial charge in [-0.2, -0.15) is 13.1 Å². The first-order valence-electron chi connectivity index (χ1n) is 3.93. The van der Waals surface area contributed by atoms with Crippen LogP contribution in [-0.2, 0) is 15.0 Å². The van der Waals surface area contributed by atoms with E-state index in [1.807, 2.05) is 9.44 Å². The molecule has 1 atom stereocenters. The van der Waals surface area contributed by atoms with Crippen LogP contribution in [0.2, 0.25) is 0 Å². The Morgan fingerprint density at radius 2 is 2.27 bits per heavy atom. The minimum atomic E-state index is -3.76. The summed E-state index contributed by atoms with van der Waals surface area (Å²) in [5.41, 5.74) is 0. The van der Waals surface area contributed by atoms with E-state index >= 15 is 0 Å². The molecular weight excluding hydrogens is 240 g/mol. The van der Waals surface area contributed by atoms with Crippen molar-refractivity contribution in [3.05, 3.63) is 22.4 Å². The number of hydrogen-bond acceptors (Lipinski definition) is 4. The standard InChI is InChI=1S/C7H10N2O4S2/c1-8-15(12,13)9-6(7(10)11)5-3-2-4-14-5/h2-4,6,8-9H,1H3,(H,10,11). The second-order valence-electron chi connectivity index (χ2n) is 2.61. The van der Waals surface area contributed by atoms with Crippen LogP contribution in [-0.4, -0.2) is 26.5 Å². The molecule has 0 amide bonds. The number of thiophene rings is 1. The highest BCUT2D eigenvalue weighted by atomic mass is 32.2. The van der Waals surface area contributed by atoms with E-state index in [9.17, 15) is 13.2 Å². The first-order chi connectivity index (χ1) is 6.96. The summed E-state index contributed by atoms with van der Waals surface area (Å²) in [5, 5.41) is 10.5.